The Bertz CT molecular complexity index is 2380. The molecule has 0 aromatic heterocycles. The van der Waals surface area contributed by atoms with E-state index in [1.54, 1.807) is 6.07 Å². The van der Waals surface area contributed by atoms with Crippen molar-refractivity contribution < 1.29 is 50.3 Å². The Morgan fingerprint density at radius 1 is 0.833 bits per heavy atom. The van der Waals surface area contributed by atoms with Crippen LogP contribution in [0.1, 0.15) is 121 Å². The molecule has 0 fully saturated rings. The normalized spacial score (nSPS) is 20.5. The van der Waals surface area contributed by atoms with Crippen LogP contribution in [-0.4, -0.2) is 77.2 Å². The summed E-state index contributed by atoms with van der Waals surface area (Å²) in [5, 5.41) is 18.9. The topological polar surface area (TPSA) is 190 Å². The summed E-state index contributed by atoms with van der Waals surface area (Å²) in [5.41, 5.74) is 7.46. The van der Waals surface area contributed by atoms with E-state index in [0.29, 0.717) is 54.8 Å². The zero-order valence-corrected chi connectivity index (χ0v) is 37.3. The van der Waals surface area contributed by atoms with Crippen LogP contribution >= 0.6 is 11.6 Å². The number of aryl methyl sites for hydroxylation is 1. The molecule has 1 unspecified atom stereocenters. The Morgan fingerprint density at radius 2 is 1.52 bits per heavy atom. The SMILES string of the molecule is Cc1ccc2c(c1)C(C)(C)C(/C=C/C1=C(Cl)C(=C/C=C3\N(CCCS(=O)(=O)O)c4ccc(S(=O)(=O)O)cc4C3(C)CCCCCC(=O)O)/CCC1)=[N+]2CCCCCC(=O)O. The van der Waals surface area contributed by atoms with Crippen molar-refractivity contribution in [2.24, 2.45) is 0 Å². The summed E-state index contributed by atoms with van der Waals surface area (Å²) in [6.07, 6.45) is 15.2. The van der Waals surface area contributed by atoms with Crippen LogP contribution in [0.3, 0.4) is 0 Å². The van der Waals surface area contributed by atoms with E-state index in [0.717, 1.165) is 60.5 Å². The summed E-state index contributed by atoms with van der Waals surface area (Å²) in [4.78, 5) is 24.0. The number of unbranched alkanes of at least 4 members (excludes halogenated alkanes) is 4. The number of fused-ring (bicyclic) bond motifs is 2. The zero-order valence-electron chi connectivity index (χ0n) is 34.9. The molecule has 1 aliphatic carbocycles. The number of carboxylic acid groups (broad SMARTS) is 2. The van der Waals surface area contributed by atoms with Crippen LogP contribution in [0.4, 0.5) is 11.4 Å². The van der Waals surface area contributed by atoms with Crippen molar-refractivity contribution >= 4 is 60.9 Å². The maximum atomic E-state index is 12.3. The van der Waals surface area contributed by atoms with Gasteiger partial charge in [-0.05, 0) is 126 Å². The molecule has 2 aromatic rings. The third-order valence-corrected chi connectivity index (χ3v) is 14.2. The number of hydrogen-bond donors (Lipinski definition) is 4. The third-order valence-electron chi connectivity index (χ3n) is 12.0. The van der Waals surface area contributed by atoms with Crippen molar-refractivity contribution in [3.63, 3.8) is 0 Å². The third kappa shape index (κ3) is 11.2. The van der Waals surface area contributed by atoms with Crippen molar-refractivity contribution in [1.82, 2.24) is 0 Å². The van der Waals surface area contributed by atoms with Crippen molar-refractivity contribution in [3.8, 4) is 0 Å². The summed E-state index contributed by atoms with van der Waals surface area (Å²) >= 11 is 7.24. The van der Waals surface area contributed by atoms with Gasteiger partial charge in [-0.1, -0.05) is 48.2 Å². The monoisotopic (exact) mass is 885 g/mol. The second kappa shape index (κ2) is 19.3. The highest BCUT2D eigenvalue weighted by molar-refractivity contribution is 7.86. The fourth-order valence-electron chi connectivity index (χ4n) is 8.85. The minimum atomic E-state index is -4.56. The van der Waals surface area contributed by atoms with Crippen molar-refractivity contribution in [2.75, 3.05) is 23.7 Å². The number of allylic oxidation sites excluding steroid dienone is 8. The van der Waals surface area contributed by atoms with Gasteiger partial charge in [0.1, 0.15) is 6.54 Å². The molecule has 2 aliphatic heterocycles. The predicted molar refractivity (Wildman–Crippen MR) is 235 cm³/mol. The second-order valence-corrected chi connectivity index (χ2v) is 20.3. The number of hydrogen-bond acceptors (Lipinski definition) is 7. The van der Waals surface area contributed by atoms with Crippen LogP contribution in [0.5, 0.6) is 0 Å². The van der Waals surface area contributed by atoms with Gasteiger partial charge in [0.25, 0.3) is 20.2 Å². The fourth-order valence-corrected chi connectivity index (χ4v) is 10.2. The van der Waals surface area contributed by atoms with Gasteiger partial charge in [0, 0.05) is 65.3 Å². The fraction of sp³-hybridized carbons (Fsp3) is 0.489. The number of benzene rings is 2. The van der Waals surface area contributed by atoms with Gasteiger partial charge in [-0.3, -0.25) is 18.7 Å². The van der Waals surface area contributed by atoms with Gasteiger partial charge < -0.3 is 15.1 Å². The van der Waals surface area contributed by atoms with Gasteiger partial charge in [0.05, 0.1) is 16.1 Å². The number of nitrogens with zero attached hydrogens (tertiary/aromatic N) is 2. The minimum absolute atomic E-state index is 0.0222. The first-order chi connectivity index (χ1) is 28.1. The van der Waals surface area contributed by atoms with Crippen LogP contribution < -0.4 is 4.90 Å². The van der Waals surface area contributed by atoms with Crippen LogP contribution in [0.15, 0.2) is 87.5 Å². The lowest BCUT2D eigenvalue weighted by Gasteiger charge is -2.31. The predicted octanol–water partition coefficient (Wildman–Crippen LogP) is 9.40. The molecule has 326 valence electrons. The summed E-state index contributed by atoms with van der Waals surface area (Å²) < 4.78 is 70.0. The van der Waals surface area contributed by atoms with E-state index in [1.807, 2.05) is 24.0 Å². The van der Waals surface area contributed by atoms with Gasteiger partial charge in [0.2, 0.25) is 5.69 Å². The number of rotatable bonds is 20. The van der Waals surface area contributed by atoms with Crippen molar-refractivity contribution in [3.05, 3.63) is 99.3 Å². The Hall–Kier alpha value is -4.08. The first-order valence-corrected chi connectivity index (χ1v) is 24.1. The Kier molecular flexibility index (Phi) is 15.1. The molecule has 12 nitrogen and oxygen atoms in total. The quantitative estimate of drug-likeness (QED) is 0.0563. The van der Waals surface area contributed by atoms with Crippen LogP contribution in [0, 0.1) is 6.92 Å². The number of carboxylic acids is 2. The Labute approximate surface area is 359 Å². The van der Waals surface area contributed by atoms with Gasteiger partial charge >= 0.3 is 11.9 Å². The summed E-state index contributed by atoms with van der Waals surface area (Å²) in [5.74, 6) is -2.15. The lowest BCUT2D eigenvalue weighted by atomic mass is 9.77. The maximum Gasteiger partial charge on any atom is 0.303 e. The molecule has 1 atom stereocenters. The maximum absolute atomic E-state index is 12.3. The molecule has 3 aliphatic rings. The van der Waals surface area contributed by atoms with E-state index in [9.17, 15) is 40.6 Å². The molecule has 0 saturated carbocycles. The van der Waals surface area contributed by atoms with Crippen LogP contribution in [-0.2, 0) is 40.7 Å². The molecule has 2 heterocycles. The molecule has 0 radical (unpaired) electrons. The standard InChI is InChI=1S/C45H57ClN2O10S2/c1-31-17-21-37-35(29-31)44(2,3)39(47(37)26-10-6-8-16-42(51)52)23-18-32-13-11-14-33(43(32)46)19-24-40-45(4,25-9-5-7-15-41(49)50)36-30-34(60(56,57)58)20-22-38(36)48(40)27-12-28-59(53,54)55/h17-24,29-30H,5-16,25-28H2,1-4H3,(H3-,49,50,51,52,53,54,55,56,57,58)/p+1. The molecular formula is C45H58ClN2O10S2+. The lowest BCUT2D eigenvalue weighted by molar-refractivity contribution is -0.438. The van der Waals surface area contributed by atoms with E-state index in [1.165, 1.54) is 23.3 Å². The number of halogens is 1. The molecule has 0 amide bonds. The van der Waals surface area contributed by atoms with E-state index in [4.69, 9.17) is 16.7 Å². The Balaban J connectivity index is 1.54. The van der Waals surface area contributed by atoms with E-state index in [2.05, 4.69) is 55.7 Å². The van der Waals surface area contributed by atoms with E-state index >= 15 is 0 Å². The highest BCUT2D eigenvalue weighted by atomic mass is 35.5. The second-order valence-electron chi connectivity index (χ2n) is 16.9. The number of aliphatic carboxylic acids is 2. The van der Waals surface area contributed by atoms with Crippen LogP contribution in [0.25, 0.3) is 0 Å². The van der Waals surface area contributed by atoms with E-state index in [-0.39, 0.29) is 36.1 Å². The first-order valence-electron chi connectivity index (χ1n) is 20.7. The smallest absolute Gasteiger partial charge is 0.303 e. The number of anilines is 1. The highest BCUT2D eigenvalue weighted by Crippen LogP contribution is 2.52. The molecule has 0 bridgehead atoms. The molecule has 0 spiro atoms. The van der Waals surface area contributed by atoms with Gasteiger partial charge in [-0.25, -0.2) is 0 Å². The van der Waals surface area contributed by atoms with Crippen molar-refractivity contribution in [1.29, 1.82) is 0 Å². The summed E-state index contributed by atoms with van der Waals surface area (Å²) in [7, 11) is -8.82. The average Bonchev–Trinajstić information content (AvgIpc) is 3.51. The molecular weight excluding hydrogens is 828 g/mol. The minimum Gasteiger partial charge on any atom is -0.481 e. The van der Waals surface area contributed by atoms with Crippen LogP contribution in [0.2, 0.25) is 0 Å². The van der Waals surface area contributed by atoms with Gasteiger partial charge in [0.15, 0.2) is 5.71 Å². The molecule has 5 rings (SSSR count). The average molecular weight is 887 g/mol. The largest absolute Gasteiger partial charge is 0.481 e. The zero-order chi connectivity index (χ0) is 44.0. The number of carbonyl (C=O) groups is 2. The molecule has 4 N–H and O–H groups in total. The summed E-state index contributed by atoms with van der Waals surface area (Å²) in [6, 6.07) is 10.9. The van der Waals surface area contributed by atoms with Gasteiger partial charge in [-0.2, -0.15) is 21.4 Å². The molecule has 2 aromatic carbocycles. The lowest BCUT2D eigenvalue weighted by Crippen LogP contribution is -2.30. The highest BCUT2D eigenvalue weighted by Gasteiger charge is 2.45. The summed E-state index contributed by atoms with van der Waals surface area (Å²) in [6.45, 7) is 9.42. The first kappa shape index (κ1) is 47.0. The van der Waals surface area contributed by atoms with E-state index < -0.39 is 43.3 Å². The van der Waals surface area contributed by atoms with Crippen molar-refractivity contribution in [2.45, 2.75) is 127 Å². The Morgan fingerprint density at radius 3 is 2.17 bits per heavy atom. The molecule has 60 heavy (non-hydrogen) atoms. The molecule has 15 heteroatoms. The van der Waals surface area contributed by atoms with Gasteiger partial charge in [-0.15, -0.1) is 0 Å². The molecule has 0 saturated heterocycles.